The van der Waals surface area contributed by atoms with Crippen LogP contribution >= 0.6 is 50.2 Å². The van der Waals surface area contributed by atoms with E-state index in [-0.39, 0.29) is 0 Å². The van der Waals surface area contributed by atoms with Crippen molar-refractivity contribution in [3.05, 3.63) is 19.7 Å². The van der Waals surface area contributed by atoms with Gasteiger partial charge in [-0.3, -0.25) is 0 Å². The van der Waals surface area contributed by atoms with Gasteiger partial charge >= 0.3 is 0 Å². The molecule has 2 aromatic rings. The fraction of sp³-hybridized carbons (Fsp3) is 0. The van der Waals surface area contributed by atoms with Crippen LogP contribution in [0, 0.1) is 0 Å². The van der Waals surface area contributed by atoms with E-state index >= 15 is 0 Å². The van der Waals surface area contributed by atoms with E-state index in [1.165, 1.54) is 22.7 Å². The lowest BCUT2D eigenvalue weighted by atomic mass is 10.4. The molecule has 0 unspecified atom stereocenters. The predicted molar refractivity (Wildman–Crippen MR) is 55.9 cm³/mol. The Kier molecular flexibility index (Phi) is 2.45. The van der Waals surface area contributed by atoms with Crippen LogP contribution in [0.15, 0.2) is 15.4 Å². The third-order valence-electron chi connectivity index (χ3n) is 1.25. The molecule has 0 aromatic carbocycles. The number of nitrogens with zero attached hydrogens (tertiary/aromatic N) is 2. The SMILES string of the molecule is Clc1sccc1-c1nnc(Br)s1. The first-order chi connectivity index (χ1) is 5.77. The molecule has 0 aliphatic heterocycles. The molecular weight excluding hydrogens is 280 g/mol. The molecule has 0 fully saturated rings. The Hall–Kier alpha value is 0.0300. The van der Waals surface area contributed by atoms with Gasteiger partial charge in [-0.1, -0.05) is 22.9 Å². The molecule has 0 saturated heterocycles. The van der Waals surface area contributed by atoms with Crippen LogP contribution in [-0.2, 0) is 0 Å². The minimum absolute atomic E-state index is 0.763. The Morgan fingerprint density at radius 3 is 2.75 bits per heavy atom. The summed E-state index contributed by atoms with van der Waals surface area (Å²) in [6, 6.07) is 1.94. The monoisotopic (exact) mass is 280 g/mol. The van der Waals surface area contributed by atoms with E-state index in [1.54, 1.807) is 0 Å². The van der Waals surface area contributed by atoms with Gasteiger partial charge in [-0.2, -0.15) is 0 Å². The van der Waals surface area contributed by atoms with Crippen molar-refractivity contribution in [2.45, 2.75) is 0 Å². The van der Waals surface area contributed by atoms with Gasteiger partial charge in [-0.05, 0) is 27.4 Å². The van der Waals surface area contributed by atoms with Crippen molar-refractivity contribution in [2.24, 2.45) is 0 Å². The first-order valence-electron chi connectivity index (χ1n) is 3.00. The quantitative estimate of drug-likeness (QED) is 0.797. The van der Waals surface area contributed by atoms with Crippen LogP contribution in [-0.4, -0.2) is 10.2 Å². The average Bonchev–Trinajstić information content (AvgIpc) is 2.58. The highest BCUT2D eigenvalue weighted by molar-refractivity contribution is 9.11. The summed E-state index contributed by atoms with van der Waals surface area (Å²) in [5, 5.41) is 10.6. The first kappa shape index (κ1) is 8.62. The summed E-state index contributed by atoms with van der Waals surface area (Å²) in [4.78, 5) is 0. The summed E-state index contributed by atoms with van der Waals surface area (Å²) in [5.41, 5.74) is 0.963. The van der Waals surface area contributed by atoms with Crippen LogP contribution in [0.5, 0.6) is 0 Å². The Morgan fingerprint density at radius 2 is 2.25 bits per heavy atom. The molecule has 0 amide bonds. The molecule has 2 heterocycles. The molecule has 2 nitrogen and oxygen atoms in total. The van der Waals surface area contributed by atoms with Crippen LogP contribution in [0.4, 0.5) is 0 Å². The number of halogens is 2. The molecule has 12 heavy (non-hydrogen) atoms. The Morgan fingerprint density at radius 1 is 1.42 bits per heavy atom. The third kappa shape index (κ3) is 1.54. The first-order valence-corrected chi connectivity index (χ1v) is 5.86. The van der Waals surface area contributed by atoms with Crippen molar-refractivity contribution in [3.8, 4) is 10.6 Å². The van der Waals surface area contributed by atoms with Gasteiger partial charge < -0.3 is 0 Å². The van der Waals surface area contributed by atoms with E-state index in [0.717, 1.165) is 18.8 Å². The van der Waals surface area contributed by atoms with Crippen LogP contribution in [0.2, 0.25) is 4.34 Å². The van der Waals surface area contributed by atoms with Crippen molar-refractivity contribution in [3.63, 3.8) is 0 Å². The van der Waals surface area contributed by atoms with Gasteiger partial charge in [0.1, 0.15) is 4.34 Å². The number of hydrogen-bond acceptors (Lipinski definition) is 4. The fourth-order valence-electron chi connectivity index (χ4n) is 0.760. The zero-order valence-electron chi connectivity index (χ0n) is 5.62. The zero-order chi connectivity index (χ0) is 8.55. The lowest BCUT2D eigenvalue weighted by molar-refractivity contribution is 1.08. The van der Waals surface area contributed by atoms with Crippen molar-refractivity contribution in [1.82, 2.24) is 10.2 Å². The smallest absolute Gasteiger partial charge is 0.137 e. The molecule has 0 N–H and O–H groups in total. The van der Waals surface area contributed by atoms with Crippen LogP contribution < -0.4 is 0 Å². The summed E-state index contributed by atoms with van der Waals surface area (Å²) in [6.07, 6.45) is 0. The van der Waals surface area contributed by atoms with E-state index in [9.17, 15) is 0 Å². The van der Waals surface area contributed by atoms with E-state index in [1.807, 2.05) is 11.4 Å². The van der Waals surface area contributed by atoms with Crippen molar-refractivity contribution in [1.29, 1.82) is 0 Å². The second-order valence-electron chi connectivity index (χ2n) is 1.97. The predicted octanol–water partition coefficient (Wildman–Crippen LogP) is 3.68. The van der Waals surface area contributed by atoms with Gasteiger partial charge in [0.2, 0.25) is 0 Å². The second kappa shape index (κ2) is 3.41. The minimum Gasteiger partial charge on any atom is -0.137 e. The van der Waals surface area contributed by atoms with E-state index in [0.29, 0.717) is 0 Å². The van der Waals surface area contributed by atoms with E-state index in [2.05, 4.69) is 26.1 Å². The molecule has 0 bridgehead atoms. The molecule has 0 aliphatic carbocycles. The van der Waals surface area contributed by atoms with Gasteiger partial charge in [0.25, 0.3) is 0 Å². The normalized spacial score (nSPS) is 10.5. The standard InChI is InChI=1S/C6H2BrClN2S2/c7-6-10-9-5(12-6)3-1-2-11-4(3)8/h1-2H. The number of thiophene rings is 1. The summed E-state index contributed by atoms with van der Waals surface area (Å²) in [6.45, 7) is 0. The van der Waals surface area contributed by atoms with Crippen molar-refractivity contribution >= 4 is 50.2 Å². The zero-order valence-corrected chi connectivity index (χ0v) is 9.60. The highest BCUT2D eigenvalue weighted by atomic mass is 79.9. The van der Waals surface area contributed by atoms with E-state index in [4.69, 9.17) is 11.6 Å². The molecule has 0 radical (unpaired) electrons. The number of rotatable bonds is 1. The number of aromatic nitrogens is 2. The highest BCUT2D eigenvalue weighted by Crippen LogP contribution is 2.35. The lowest BCUT2D eigenvalue weighted by Crippen LogP contribution is -1.71. The average molecular weight is 282 g/mol. The molecule has 2 aromatic heterocycles. The molecule has 2 rings (SSSR count). The second-order valence-corrected chi connectivity index (χ2v) is 5.74. The summed E-state index contributed by atoms with van der Waals surface area (Å²) in [5.74, 6) is 0. The van der Waals surface area contributed by atoms with Crippen molar-refractivity contribution < 1.29 is 0 Å². The van der Waals surface area contributed by atoms with Crippen molar-refractivity contribution in [2.75, 3.05) is 0 Å². The summed E-state index contributed by atoms with van der Waals surface area (Å²) < 4.78 is 1.54. The van der Waals surface area contributed by atoms with Crippen LogP contribution in [0.25, 0.3) is 10.6 Å². The molecule has 0 spiro atoms. The topological polar surface area (TPSA) is 25.8 Å². The minimum atomic E-state index is 0.763. The maximum atomic E-state index is 5.93. The lowest BCUT2D eigenvalue weighted by Gasteiger charge is -1.87. The summed E-state index contributed by atoms with van der Waals surface area (Å²) >= 11 is 12.1. The maximum absolute atomic E-state index is 5.93. The summed E-state index contributed by atoms with van der Waals surface area (Å²) in [7, 11) is 0. The maximum Gasteiger partial charge on any atom is 0.183 e. The largest absolute Gasteiger partial charge is 0.183 e. The Bertz CT molecular complexity index is 398. The van der Waals surface area contributed by atoms with Gasteiger partial charge in [0, 0.05) is 5.56 Å². The molecule has 0 saturated carbocycles. The Balaban J connectivity index is 2.50. The van der Waals surface area contributed by atoms with E-state index < -0.39 is 0 Å². The van der Waals surface area contributed by atoms with Gasteiger partial charge in [0.05, 0.1) is 0 Å². The molecule has 0 atom stereocenters. The van der Waals surface area contributed by atoms with Crippen LogP contribution in [0.3, 0.4) is 0 Å². The van der Waals surface area contributed by atoms with Gasteiger partial charge in [-0.15, -0.1) is 21.5 Å². The fourth-order valence-corrected chi connectivity index (χ4v) is 2.95. The molecular formula is C6H2BrClN2S2. The van der Waals surface area contributed by atoms with Gasteiger partial charge in [0.15, 0.2) is 8.92 Å². The molecule has 0 aliphatic rings. The van der Waals surface area contributed by atoms with Crippen LogP contribution in [0.1, 0.15) is 0 Å². The number of hydrogen-bond donors (Lipinski definition) is 0. The molecule has 62 valence electrons. The Labute approximate surface area is 90.3 Å². The highest BCUT2D eigenvalue weighted by Gasteiger charge is 2.09. The third-order valence-corrected chi connectivity index (χ3v) is 3.81. The molecule has 6 heteroatoms. The van der Waals surface area contributed by atoms with Gasteiger partial charge in [-0.25, -0.2) is 0 Å².